The van der Waals surface area contributed by atoms with Gasteiger partial charge in [-0.15, -0.1) is 0 Å². The number of hydrogen-bond donors (Lipinski definition) is 3. The quantitative estimate of drug-likeness (QED) is 0.431. The minimum atomic E-state index is -0.459. The molecule has 28 heavy (non-hydrogen) atoms. The number of carbonyl (C=O) groups excluding carboxylic acids is 2. The van der Waals surface area contributed by atoms with Crippen molar-refractivity contribution in [1.82, 2.24) is 20.4 Å². The summed E-state index contributed by atoms with van der Waals surface area (Å²) < 4.78 is 10.3. The van der Waals surface area contributed by atoms with E-state index in [1.54, 1.807) is 42.5 Å². The van der Waals surface area contributed by atoms with Gasteiger partial charge in [-0.3, -0.25) is 20.6 Å². The van der Waals surface area contributed by atoms with E-state index >= 15 is 0 Å². The van der Waals surface area contributed by atoms with Gasteiger partial charge in [0.15, 0.2) is 5.82 Å². The number of methoxy groups -OCH3 is 1. The summed E-state index contributed by atoms with van der Waals surface area (Å²) in [5, 5.41) is 0. The number of pyridine rings is 1. The number of nitrogens with zero attached hydrogens (tertiary/aromatic N) is 3. The van der Waals surface area contributed by atoms with Crippen molar-refractivity contribution in [2.75, 3.05) is 18.3 Å². The highest BCUT2D eigenvalue weighted by atomic mass is 16.5. The third-order valence-corrected chi connectivity index (χ3v) is 3.53. The van der Waals surface area contributed by atoms with Crippen LogP contribution < -0.4 is 21.3 Å². The summed E-state index contributed by atoms with van der Waals surface area (Å²) in [5.41, 5.74) is 11.7. The number of amides is 1. The second kappa shape index (κ2) is 8.45. The fourth-order valence-corrected chi connectivity index (χ4v) is 2.13. The predicted octanol–water partition coefficient (Wildman–Crippen LogP) is 1.79. The van der Waals surface area contributed by atoms with E-state index < -0.39 is 11.9 Å². The number of esters is 1. The number of anilines is 2. The van der Waals surface area contributed by atoms with Crippen LogP contribution in [0.5, 0.6) is 11.6 Å². The van der Waals surface area contributed by atoms with Crippen LogP contribution >= 0.6 is 0 Å². The Labute approximate surface area is 159 Å². The molecule has 1 aromatic carbocycles. The van der Waals surface area contributed by atoms with Crippen LogP contribution in [0.15, 0.2) is 55.0 Å². The van der Waals surface area contributed by atoms with Gasteiger partial charge in [0.05, 0.1) is 12.7 Å². The van der Waals surface area contributed by atoms with E-state index in [1.807, 2.05) is 0 Å². The van der Waals surface area contributed by atoms with E-state index in [-0.39, 0.29) is 23.1 Å². The maximum atomic E-state index is 12.0. The van der Waals surface area contributed by atoms with Crippen LogP contribution in [-0.2, 0) is 4.74 Å². The molecule has 4 N–H and O–H groups in total. The topological polar surface area (TPSA) is 141 Å². The maximum Gasteiger partial charge on any atom is 0.337 e. The highest BCUT2D eigenvalue weighted by Crippen LogP contribution is 2.29. The number of hydrogen-bond acceptors (Lipinski definition) is 9. The fourth-order valence-electron chi connectivity index (χ4n) is 2.13. The van der Waals surface area contributed by atoms with Gasteiger partial charge in [-0.2, -0.15) is 4.98 Å². The number of carbonyl (C=O) groups is 2. The summed E-state index contributed by atoms with van der Waals surface area (Å²) in [4.78, 5) is 35.4. The normalized spacial score (nSPS) is 10.0. The second-order valence-electron chi connectivity index (χ2n) is 5.35. The Morgan fingerprint density at radius 1 is 1.04 bits per heavy atom. The number of nitrogens with two attached hydrogens (primary N) is 1. The van der Waals surface area contributed by atoms with Crippen LogP contribution in [0, 0.1) is 0 Å². The first kappa shape index (κ1) is 18.6. The molecule has 1 amide bonds. The Hall–Kier alpha value is -4.21. The molecule has 2 heterocycles. The number of nitrogen functional groups attached to an aromatic ring is 1. The molecule has 0 aliphatic carbocycles. The molecule has 0 aliphatic heterocycles. The summed E-state index contributed by atoms with van der Waals surface area (Å²) in [6.07, 6.45) is 2.73. The zero-order chi connectivity index (χ0) is 19.9. The summed E-state index contributed by atoms with van der Waals surface area (Å²) in [5.74, 6) is -0.278. The molecule has 0 saturated carbocycles. The molecule has 2 aromatic heterocycles. The molecule has 0 spiro atoms. The third kappa shape index (κ3) is 4.30. The van der Waals surface area contributed by atoms with Gasteiger partial charge >= 0.3 is 5.97 Å². The first-order chi connectivity index (χ1) is 13.6. The van der Waals surface area contributed by atoms with Crippen LogP contribution in [0.4, 0.5) is 11.5 Å². The zero-order valence-corrected chi connectivity index (χ0v) is 14.7. The summed E-state index contributed by atoms with van der Waals surface area (Å²) in [7, 11) is 1.30. The molecule has 0 radical (unpaired) electrons. The Bertz CT molecular complexity index is 979. The lowest BCUT2D eigenvalue weighted by atomic mass is 10.2. The van der Waals surface area contributed by atoms with Gasteiger partial charge < -0.3 is 15.2 Å². The van der Waals surface area contributed by atoms with Gasteiger partial charge in [-0.05, 0) is 36.4 Å². The predicted molar refractivity (Wildman–Crippen MR) is 99.6 cm³/mol. The van der Waals surface area contributed by atoms with E-state index in [0.717, 1.165) is 0 Å². The van der Waals surface area contributed by atoms with Crippen molar-refractivity contribution in [2.24, 2.45) is 0 Å². The molecule has 0 aliphatic rings. The lowest BCUT2D eigenvalue weighted by molar-refractivity contribution is 0.0600. The minimum Gasteiger partial charge on any atom is -0.465 e. The third-order valence-electron chi connectivity index (χ3n) is 3.53. The van der Waals surface area contributed by atoms with Gasteiger partial charge in [0, 0.05) is 6.20 Å². The van der Waals surface area contributed by atoms with Crippen LogP contribution in [0.1, 0.15) is 20.8 Å². The molecule has 3 rings (SSSR count). The molecule has 0 fully saturated rings. The Balaban J connectivity index is 1.69. The van der Waals surface area contributed by atoms with E-state index in [4.69, 9.17) is 10.5 Å². The standard InChI is InChI=1S/C18H16N6O4/c1-27-18(26)11-5-7-12(8-6-11)28-17-14(19)15(21-10-22-17)23-24-16(25)13-4-2-3-9-20-13/h2-10H,19H2,1H3,(H,24,25)(H,21,22,23). The molecular formula is C18H16N6O4. The summed E-state index contributed by atoms with van der Waals surface area (Å²) in [6.45, 7) is 0. The molecule has 142 valence electrons. The molecule has 3 aromatic rings. The number of nitrogens with one attached hydrogen (secondary N) is 2. The van der Waals surface area contributed by atoms with Gasteiger partial charge in [-0.25, -0.2) is 9.78 Å². The minimum absolute atomic E-state index is 0.0791. The zero-order valence-electron chi connectivity index (χ0n) is 14.7. The monoisotopic (exact) mass is 380 g/mol. The van der Waals surface area contributed by atoms with Gasteiger partial charge in [0.25, 0.3) is 5.91 Å². The van der Waals surface area contributed by atoms with Crippen molar-refractivity contribution < 1.29 is 19.1 Å². The van der Waals surface area contributed by atoms with E-state index in [2.05, 4.69) is 30.5 Å². The molecule has 10 heteroatoms. The second-order valence-corrected chi connectivity index (χ2v) is 5.35. The molecule has 0 atom stereocenters. The Morgan fingerprint density at radius 2 is 1.82 bits per heavy atom. The number of ether oxygens (including phenoxy) is 2. The molecular weight excluding hydrogens is 364 g/mol. The van der Waals surface area contributed by atoms with Crippen LogP contribution in [0.3, 0.4) is 0 Å². The van der Waals surface area contributed by atoms with Crippen molar-refractivity contribution in [3.63, 3.8) is 0 Å². The van der Waals surface area contributed by atoms with E-state index in [9.17, 15) is 9.59 Å². The SMILES string of the molecule is COC(=O)c1ccc(Oc2ncnc(NNC(=O)c3ccccn3)c2N)cc1. The molecule has 0 saturated heterocycles. The van der Waals surface area contributed by atoms with E-state index in [0.29, 0.717) is 11.3 Å². The average molecular weight is 380 g/mol. The van der Waals surface area contributed by atoms with Crippen molar-refractivity contribution in [1.29, 1.82) is 0 Å². The number of aromatic nitrogens is 3. The smallest absolute Gasteiger partial charge is 0.337 e. The maximum absolute atomic E-state index is 12.0. The summed E-state index contributed by atoms with van der Waals surface area (Å²) in [6, 6.07) is 11.2. The lowest BCUT2D eigenvalue weighted by Crippen LogP contribution is -2.30. The van der Waals surface area contributed by atoms with Crippen LogP contribution in [0.25, 0.3) is 0 Å². The number of hydrazine groups is 1. The number of rotatable bonds is 6. The highest BCUT2D eigenvalue weighted by molar-refractivity contribution is 5.93. The fraction of sp³-hybridized carbons (Fsp3) is 0.0556. The Kier molecular flexibility index (Phi) is 5.60. The Morgan fingerprint density at radius 3 is 2.50 bits per heavy atom. The highest BCUT2D eigenvalue weighted by Gasteiger charge is 2.13. The van der Waals surface area contributed by atoms with Gasteiger partial charge in [-0.1, -0.05) is 6.07 Å². The lowest BCUT2D eigenvalue weighted by Gasteiger charge is -2.12. The van der Waals surface area contributed by atoms with Crippen molar-refractivity contribution in [3.05, 3.63) is 66.2 Å². The van der Waals surface area contributed by atoms with Crippen molar-refractivity contribution >= 4 is 23.4 Å². The van der Waals surface area contributed by atoms with Gasteiger partial charge in [0.2, 0.25) is 5.88 Å². The molecule has 0 unspecified atom stereocenters. The van der Waals surface area contributed by atoms with Crippen LogP contribution in [-0.4, -0.2) is 33.9 Å². The summed E-state index contributed by atoms with van der Waals surface area (Å²) >= 11 is 0. The van der Waals surface area contributed by atoms with Crippen LogP contribution in [0.2, 0.25) is 0 Å². The largest absolute Gasteiger partial charge is 0.465 e. The van der Waals surface area contributed by atoms with Crippen molar-refractivity contribution in [3.8, 4) is 11.6 Å². The van der Waals surface area contributed by atoms with Gasteiger partial charge in [0.1, 0.15) is 23.5 Å². The van der Waals surface area contributed by atoms with E-state index in [1.165, 1.54) is 19.6 Å². The molecule has 10 nitrogen and oxygen atoms in total. The average Bonchev–Trinajstić information content (AvgIpc) is 2.74. The first-order valence-electron chi connectivity index (χ1n) is 8.02. The molecule has 0 bridgehead atoms. The first-order valence-corrected chi connectivity index (χ1v) is 8.02. The number of benzene rings is 1. The van der Waals surface area contributed by atoms with Crippen molar-refractivity contribution in [2.45, 2.75) is 0 Å².